The fraction of sp³-hybridized carbons (Fsp3) is 0.188. The van der Waals surface area contributed by atoms with Gasteiger partial charge in [0.1, 0.15) is 11.9 Å². The van der Waals surface area contributed by atoms with Crippen LogP contribution < -0.4 is 5.73 Å². The van der Waals surface area contributed by atoms with Crippen molar-refractivity contribution >= 4 is 29.9 Å². The van der Waals surface area contributed by atoms with Crippen molar-refractivity contribution < 1.29 is 9.18 Å². The number of nitrogens with two attached hydrogens (primary N) is 1. The van der Waals surface area contributed by atoms with Crippen LogP contribution in [0.4, 0.5) is 4.39 Å². The Hall–Kier alpha value is -1.62. The topological polar surface area (TPSA) is 46.3 Å². The van der Waals surface area contributed by atoms with E-state index in [1.807, 2.05) is 18.2 Å². The highest BCUT2D eigenvalue weighted by molar-refractivity contribution is 6.30. The maximum Gasteiger partial charge on any atom is 0.244 e. The number of nitrogens with zero attached hydrogens (tertiary/aromatic N) is 1. The SMILES string of the molecule is CN(Cc1ccc(Cl)c(F)c1)C(=O)C(N)c1ccccc1.Cl. The number of amides is 1. The normalized spacial score (nSPS) is 11.5. The Morgan fingerprint density at radius 2 is 1.91 bits per heavy atom. The fourth-order valence-electron chi connectivity index (χ4n) is 2.03. The second kappa shape index (κ2) is 8.13. The van der Waals surface area contributed by atoms with Crippen LogP contribution in [-0.4, -0.2) is 17.9 Å². The van der Waals surface area contributed by atoms with Gasteiger partial charge in [0.2, 0.25) is 5.91 Å². The summed E-state index contributed by atoms with van der Waals surface area (Å²) in [5.74, 6) is -0.723. The van der Waals surface area contributed by atoms with Gasteiger partial charge in [-0.2, -0.15) is 0 Å². The van der Waals surface area contributed by atoms with Crippen LogP contribution in [0.5, 0.6) is 0 Å². The van der Waals surface area contributed by atoms with Gasteiger partial charge in [-0.1, -0.05) is 48.0 Å². The van der Waals surface area contributed by atoms with Crippen molar-refractivity contribution in [3.63, 3.8) is 0 Å². The van der Waals surface area contributed by atoms with Crippen molar-refractivity contribution in [2.75, 3.05) is 7.05 Å². The summed E-state index contributed by atoms with van der Waals surface area (Å²) < 4.78 is 13.4. The first-order chi connectivity index (χ1) is 9.99. The zero-order valence-corrected chi connectivity index (χ0v) is 13.6. The third-order valence-corrected chi connectivity index (χ3v) is 3.51. The number of benzene rings is 2. The Labute approximate surface area is 140 Å². The predicted molar refractivity (Wildman–Crippen MR) is 88.5 cm³/mol. The molecule has 3 nitrogen and oxygen atoms in total. The summed E-state index contributed by atoms with van der Waals surface area (Å²) in [5.41, 5.74) is 7.37. The summed E-state index contributed by atoms with van der Waals surface area (Å²) in [7, 11) is 1.64. The van der Waals surface area contributed by atoms with E-state index >= 15 is 0 Å². The molecule has 2 rings (SSSR count). The van der Waals surface area contributed by atoms with E-state index in [4.69, 9.17) is 17.3 Å². The summed E-state index contributed by atoms with van der Waals surface area (Å²) in [5, 5.41) is 0.0636. The minimum absolute atomic E-state index is 0. The summed E-state index contributed by atoms with van der Waals surface area (Å²) >= 11 is 5.63. The van der Waals surface area contributed by atoms with Crippen LogP contribution in [0.3, 0.4) is 0 Å². The molecule has 0 radical (unpaired) electrons. The van der Waals surface area contributed by atoms with E-state index < -0.39 is 11.9 Å². The molecule has 6 heteroatoms. The minimum atomic E-state index is -0.728. The van der Waals surface area contributed by atoms with Gasteiger partial charge in [-0.25, -0.2) is 4.39 Å². The predicted octanol–water partition coefficient (Wildman–Crippen LogP) is 3.56. The van der Waals surface area contributed by atoms with E-state index in [2.05, 4.69) is 0 Å². The van der Waals surface area contributed by atoms with Crippen molar-refractivity contribution in [3.05, 3.63) is 70.5 Å². The van der Waals surface area contributed by atoms with E-state index in [0.29, 0.717) is 5.56 Å². The average molecular weight is 343 g/mol. The zero-order chi connectivity index (χ0) is 15.4. The van der Waals surface area contributed by atoms with Gasteiger partial charge in [0, 0.05) is 13.6 Å². The van der Waals surface area contributed by atoms with Gasteiger partial charge in [-0.05, 0) is 23.3 Å². The molecule has 1 unspecified atom stereocenters. The Balaban J connectivity index is 0.00000242. The summed E-state index contributed by atoms with van der Waals surface area (Å²) in [6.45, 7) is 0.271. The number of likely N-dealkylation sites (N-methyl/N-ethyl adjacent to an activating group) is 1. The molecule has 0 fully saturated rings. The van der Waals surface area contributed by atoms with Crippen molar-refractivity contribution in [2.24, 2.45) is 5.73 Å². The molecule has 0 bridgehead atoms. The Kier molecular flexibility index (Phi) is 6.81. The van der Waals surface area contributed by atoms with E-state index in [0.717, 1.165) is 5.56 Å². The molecule has 0 aromatic heterocycles. The molecule has 0 aliphatic rings. The fourth-order valence-corrected chi connectivity index (χ4v) is 2.15. The van der Waals surface area contributed by atoms with Crippen molar-refractivity contribution in [2.45, 2.75) is 12.6 Å². The molecule has 0 spiro atoms. The molecule has 0 saturated carbocycles. The highest BCUT2D eigenvalue weighted by Gasteiger charge is 2.19. The van der Waals surface area contributed by atoms with Crippen LogP contribution in [0.15, 0.2) is 48.5 Å². The standard InChI is InChI=1S/C16H16ClFN2O.ClH/c1-20(10-11-7-8-13(17)14(18)9-11)16(21)15(19)12-5-3-2-4-6-12;/h2-9,15H,10,19H2,1H3;1H. The molecular weight excluding hydrogens is 326 g/mol. The lowest BCUT2D eigenvalue weighted by atomic mass is 10.1. The molecule has 118 valence electrons. The van der Waals surface area contributed by atoms with E-state index in [1.165, 1.54) is 17.0 Å². The summed E-state index contributed by atoms with van der Waals surface area (Å²) in [4.78, 5) is 13.8. The molecule has 0 saturated heterocycles. The molecule has 2 aromatic rings. The number of halogens is 3. The quantitative estimate of drug-likeness (QED) is 0.923. The van der Waals surface area contributed by atoms with Crippen LogP contribution in [0.1, 0.15) is 17.2 Å². The highest BCUT2D eigenvalue weighted by Crippen LogP contribution is 2.18. The second-order valence-electron chi connectivity index (χ2n) is 4.83. The first-order valence-electron chi connectivity index (χ1n) is 6.48. The van der Waals surface area contributed by atoms with Crippen molar-refractivity contribution in [1.29, 1.82) is 0 Å². The molecular formula is C16H17Cl2FN2O. The molecule has 22 heavy (non-hydrogen) atoms. The minimum Gasteiger partial charge on any atom is -0.340 e. The zero-order valence-electron chi connectivity index (χ0n) is 12.0. The van der Waals surface area contributed by atoms with Gasteiger partial charge >= 0.3 is 0 Å². The van der Waals surface area contributed by atoms with Crippen LogP contribution >= 0.6 is 24.0 Å². The summed E-state index contributed by atoms with van der Waals surface area (Å²) in [6, 6.07) is 12.9. The van der Waals surface area contributed by atoms with Crippen LogP contribution in [0, 0.1) is 5.82 Å². The van der Waals surface area contributed by atoms with Gasteiger partial charge in [-0.3, -0.25) is 4.79 Å². The van der Waals surface area contributed by atoms with Gasteiger partial charge in [0.15, 0.2) is 0 Å². The second-order valence-corrected chi connectivity index (χ2v) is 5.24. The number of carbonyl (C=O) groups excluding carboxylic acids is 1. The molecule has 1 amide bonds. The Bertz CT molecular complexity index is 637. The van der Waals surface area contributed by atoms with E-state index in [9.17, 15) is 9.18 Å². The third-order valence-electron chi connectivity index (χ3n) is 3.20. The lowest BCUT2D eigenvalue weighted by Gasteiger charge is -2.21. The number of carbonyl (C=O) groups is 1. The monoisotopic (exact) mass is 342 g/mol. The lowest BCUT2D eigenvalue weighted by Crippen LogP contribution is -2.35. The number of hydrogen-bond donors (Lipinski definition) is 1. The Morgan fingerprint density at radius 1 is 1.27 bits per heavy atom. The van der Waals surface area contributed by atoms with Crippen LogP contribution in [0.25, 0.3) is 0 Å². The maximum atomic E-state index is 13.4. The van der Waals surface area contributed by atoms with Crippen LogP contribution in [0.2, 0.25) is 5.02 Å². The molecule has 0 aliphatic heterocycles. The molecule has 0 aliphatic carbocycles. The third kappa shape index (κ3) is 4.44. The van der Waals surface area contributed by atoms with Crippen LogP contribution in [-0.2, 0) is 11.3 Å². The van der Waals surface area contributed by atoms with Gasteiger partial charge in [0.05, 0.1) is 5.02 Å². The first kappa shape index (κ1) is 18.4. The maximum absolute atomic E-state index is 13.4. The van der Waals surface area contributed by atoms with Gasteiger partial charge in [0.25, 0.3) is 0 Å². The smallest absolute Gasteiger partial charge is 0.244 e. The van der Waals surface area contributed by atoms with Crippen molar-refractivity contribution in [1.82, 2.24) is 4.90 Å². The first-order valence-corrected chi connectivity index (χ1v) is 6.86. The molecule has 2 N–H and O–H groups in total. The Morgan fingerprint density at radius 3 is 2.50 bits per heavy atom. The van der Waals surface area contributed by atoms with E-state index in [-0.39, 0.29) is 29.9 Å². The van der Waals surface area contributed by atoms with Gasteiger partial charge in [-0.15, -0.1) is 12.4 Å². The largest absolute Gasteiger partial charge is 0.340 e. The number of hydrogen-bond acceptors (Lipinski definition) is 2. The highest BCUT2D eigenvalue weighted by atomic mass is 35.5. The number of rotatable bonds is 4. The average Bonchev–Trinajstić information content (AvgIpc) is 2.50. The summed E-state index contributed by atoms with van der Waals surface area (Å²) in [6.07, 6.45) is 0. The van der Waals surface area contributed by atoms with E-state index in [1.54, 1.807) is 25.2 Å². The van der Waals surface area contributed by atoms with Crippen molar-refractivity contribution in [3.8, 4) is 0 Å². The molecule has 1 atom stereocenters. The lowest BCUT2D eigenvalue weighted by molar-refractivity contribution is -0.131. The molecule has 2 aromatic carbocycles. The van der Waals surface area contributed by atoms with Gasteiger partial charge < -0.3 is 10.6 Å². The molecule has 0 heterocycles.